The molecule has 1 heterocycles. The molecule has 1 aromatic rings. The van der Waals surface area contributed by atoms with Gasteiger partial charge >= 0.3 is 0 Å². The molecule has 2 rings (SSSR count). The summed E-state index contributed by atoms with van der Waals surface area (Å²) in [4.78, 5) is 2.50. The van der Waals surface area contributed by atoms with Gasteiger partial charge in [-0.25, -0.2) is 0 Å². The largest absolute Gasteiger partial charge is 0.327 e. The minimum absolute atomic E-state index is 0.262. The fourth-order valence-electron chi connectivity index (χ4n) is 2.45. The normalized spacial score (nSPS) is 24.8. The highest BCUT2D eigenvalue weighted by Crippen LogP contribution is 2.28. The van der Waals surface area contributed by atoms with Crippen LogP contribution in [-0.4, -0.2) is 23.0 Å². The molecule has 0 spiro atoms. The van der Waals surface area contributed by atoms with Gasteiger partial charge in [-0.2, -0.15) is 0 Å². The standard InChI is InChI=1S/C14H21BrN2/c1-14(2)7-6-13(16)10-17(14)9-11-4-3-5-12(15)8-11/h3-5,8,13H,6-7,9-10,16H2,1-2H3. The Kier molecular flexibility index (Phi) is 3.91. The summed E-state index contributed by atoms with van der Waals surface area (Å²) < 4.78 is 1.15. The molecule has 0 aliphatic carbocycles. The van der Waals surface area contributed by atoms with Crippen LogP contribution >= 0.6 is 15.9 Å². The van der Waals surface area contributed by atoms with Crippen molar-refractivity contribution in [2.24, 2.45) is 5.73 Å². The van der Waals surface area contributed by atoms with E-state index < -0.39 is 0 Å². The molecule has 0 aromatic heterocycles. The molecule has 1 fully saturated rings. The summed E-state index contributed by atoms with van der Waals surface area (Å²) in [5.74, 6) is 0. The van der Waals surface area contributed by atoms with E-state index in [0.717, 1.165) is 24.0 Å². The van der Waals surface area contributed by atoms with Crippen LogP contribution in [-0.2, 0) is 6.54 Å². The Morgan fingerprint density at radius 3 is 2.94 bits per heavy atom. The fraction of sp³-hybridized carbons (Fsp3) is 0.571. The third kappa shape index (κ3) is 3.30. The van der Waals surface area contributed by atoms with Crippen molar-refractivity contribution in [3.05, 3.63) is 34.3 Å². The molecular formula is C14H21BrN2. The van der Waals surface area contributed by atoms with Gasteiger partial charge in [0.25, 0.3) is 0 Å². The number of piperidine rings is 1. The third-order valence-electron chi connectivity index (χ3n) is 3.70. The summed E-state index contributed by atoms with van der Waals surface area (Å²) >= 11 is 3.52. The molecule has 3 heteroatoms. The topological polar surface area (TPSA) is 29.3 Å². The SMILES string of the molecule is CC1(C)CCC(N)CN1Cc1cccc(Br)c1. The van der Waals surface area contributed by atoms with E-state index >= 15 is 0 Å². The number of rotatable bonds is 2. The minimum Gasteiger partial charge on any atom is -0.327 e. The Morgan fingerprint density at radius 1 is 1.47 bits per heavy atom. The molecule has 0 radical (unpaired) electrons. The van der Waals surface area contributed by atoms with Gasteiger partial charge < -0.3 is 5.73 Å². The molecule has 2 nitrogen and oxygen atoms in total. The third-order valence-corrected chi connectivity index (χ3v) is 4.19. The molecule has 1 atom stereocenters. The first-order valence-electron chi connectivity index (χ1n) is 6.22. The molecule has 2 N–H and O–H groups in total. The number of likely N-dealkylation sites (tertiary alicyclic amines) is 1. The van der Waals surface area contributed by atoms with Crippen molar-refractivity contribution in [3.8, 4) is 0 Å². The van der Waals surface area contributed by atoms with E-state index in [1.807, 2.05) is 0 Å². The second kappa shape index (κ2) is 5.09. The van der Waals surface area contributed by atoms with Crippen LogP contribution in [0.2, 0.25) is 0 Å². The quantitative estimate of drug-likeness (QED) is 0.908. The van der Waals surface area contributed by atoms with E-state index in [0.29, 0.717) is 6.04 Å². The van der Waals surface area contributed by atoms with Crippen LogP contribution in [0.3, 0.4) is 0 Å². The lowest BCUT2D eigenvalue weighted by Gasteiger charge is -2.44. The lowest BCUT2D eigenvalue weighted by molar-refractivity contribution is 0.0585. The smallest absolute Gasteiger partial charge is 0.0240 e. The Morgan fingerprint density at radius 2 is 2.24 bits per heavy atom. The maximum Gasteiger partial charge on any atom is 0.0240 e. The molecule has 0 amide bonds. The van der Waals surface area contributed by atoms with Gasteiger partial charge in [-0.15, -0.1) is 0 Å². The van der Waals surface area contributed by atoms with E-state index in [4.69, 9.17) is 5.73 Å². The van der Waals surface area contributed by atoms with Crippen molar-refractivity contribution < 1.29 is 0 Å². The van der Waals surface area contributed by atoms with Crippen molar-refractivity contribution in [2.45, 2.75) is 44.8 Å². The Labute approximate surface area is 112 Å². The first-order valence-corrected chi connectivity index (χ1v) is 7.02. The first kappa shape index (κ1) is 13.1. The van der Waals surface area contributed by atoms with Crippen LogP contribution in [0, 0.1) is 0 Å². The number of hydrogen-bond donors (Lipinski definition) is 1. The van der Waals surface area contributed by atoms with E-state index in [9.17, 15) is 0 Å². The molecule has 1 aromatic carbocycles. The lowest BCUT2D eigenvalue weighted by Crippen LogP contribution is -2.53. The van der Waals surface area contributed by atoms with E-state index in [1.165, 1.54) is 12.0 Å². The Bertz CT molecular complexity index is 390. The molecule has 1 unspecified atom stereocenters. The predicted molar refractivity (Wildman–Crippen MR) is 75.8 cm³/mol. The van der Waals surface area contributed by atoms with Gasteiger partial charge in [-0.3, -0.25) is 4.90 Å². The van der Waals surface area contributed by atoms with Crippen molar-refractivity contribution >= 4 is 15.9 Å². The van der Waals surface area contributed by atoms with Crippen LogP contribution in [0.5, 0.6) is 0 Å². The molecule has 94 valence electrons. The second-order valence-corrected chi connectivity index (χ2v) is 6.54. The summed E-state index contributed by atoms with van der Waals surface area (Å²) in [5.41, 5.74) is 7.69. The van der Waals surface area contributed by atoms with Crippen molar-refractivity contribution in [2.75, 3.05) is 6.54 Å². The average Bonchev–Trinajstić information content (AvgIpc) is 2.24. The van der Waals surface area contributed by atoms with E-state index in [2.05, 4.69) is 58.9 Å². The Balaban J connectivity index is 2.11. The highest BCUT2D eigenvalue weighted by atomic mass is 79.9. The number of benzene rings is 1. The van der Waals surface area contributed by atoms with E-state index in [1.54, 1.807) is 0 Å². The summed E-state index contributed by atoms with van der Waals surface area (Å²) in [5, 5.41) is 0. The first-order chi connectivity index (χ1) is 7.97. The molecule has 1 aliphatic heterocycles. The van der Waals surface area contributed by atoms with Gasteiger partial charge in [0.1, 0.15) is 0 Å². The second-order valence-electron chi connectivity index (χ2n) is 5.62. The predicted octanol–water partition coefficient (Wildman–Crippen LogP) is 3.15. The number of halogens is 1. The maximum atomic E-state index is 6.08. The molecule has 1 aliphatic rings. The van der Waals surface area contributed by atoms with Gasteiger partial charge in [0, 0.05) is 29.1 Å². The fourth-order valence-corrected chi connectivity index (χ4v) is 2.90. The highest BCUT2D eigenvalue weighted by molar-refractivity contribution is 9.10. The summed E-state index contributed by atoms with van der Waals surface area (Å²) in [6.45, 7) is 6.62. The zero-order valence-corrected chi connectivity index (χ0v) is 12.2. The van der Waals surface area contributed by atoms with Gasteiger partial charge in [0.2, 0.25) is 0 Å². The van der Waals surface area contributed by atoms with Crippen LogP contribution in [0.4, 0.5) is 0 Å². The van der Waals surface area contributed by atoms with Crippen LogP contribution in [0.25, 0.3) is 0 Å². The maximum absolute atomic E-state index is 6.08. The zero-order chi connectivity index (χ0) is 12.5. The van der Waals surface area contributed by atoms with Crippen LogP contribution in [0.1, 0.15) is 32.3 Å². The number of hydrogen-bond acceptors (Lipinski definition) is 2. The van der Waals surface area contributed by atoms with Gasteiger partial charge in [-0.05, 0) is 44.4 Å². The van der Waals surface area contributed by atoms with Crippen molar-refractivity contribution in [1.29, 1.82) is 0 Å². The highest BCUT2D eigenvalue weighted by Gasteiger charge is 2.32. The number of nitrogens with zero attached hydrogens (tertiary/aromatic N) is 1. The molecule has 17 heavy (non-hydrogen) atoms. The number of nitrogens with two attached hydrogens (primary N) is 1. The summed E-state index contributed by atoms with van der Waals surface area (Å²) in [6, 6.07) is 8.86. The van der Waals surface area contributed by atoms with Crippen LogP contribution in [0.15, 0.2) is 28.7 Å². The summed E-state index contributed by atoms with van der Waals surface area (Å²) in [6.07, 6.45) is 2.32. The monoisotopic (exact) mass is 296 g/mol. The lowest BCUT2D eigenvalue weighted by atomic mass is 9.88. The van der Waals surface area contributed by atoms with Crippen molar-refractivity contribution in [1.82, 2.24) is 4.90 Å². The van der Waals surface area contributed by atoms with E-state index in [-0.39, 0.29) is 5.54 Å². The zero-order valence-electron chi connectivity index (χ0n) is 10.6. The van der Waals surface area contributed by atoms with Gasteiger partial charge in [-0.1, -0.05) is 28.1 Å². The van der Waals surface area contributed by atoms with Gasteiger partial charge in [0.05, 0.1) is 0 Å². The summed E-state index contributed by atoms with van der Waals surface area (Å²) in [7, 11) is 0. The Hall–Kier alpha value is -0.380. The molecule has 1 saturated heterocycles. The molecule has 0 bridgehead atoms. The van der Waals surface area contributed by atoms with Crippen LogP contribution < -0.4 is 5.73 Å². The molecular weight excluding hydrogens is 276 g/mol. The average molecular weight is 297 g/mol. The van der Waals surface area contributed by atoms with Gasteiger partial charge in [0.15, 0.2) is 0 Å². The molecule has 0 saturated carbocycles. The van der Waals surface area contributed by atoms with Crippen molar-refractivity contribution in [3.63, 3.8) is 0 Å². The minimum atomic E-state index is 0.262.